The van der Waals surface area contributed by atoms with Crippen LogP contribution in [0.5, 0.6) is 0 Å². The van der Waals surface area contributed by atoms with Crippen LogP contribution in [-0.2, 0) is 9.59 Å². The summed E-state index contributed by atoms with van der Waals surface area (Å²) in [4.78, 5) is 22.7. The first-order valence-corrected chi connectivity index (χ1v) is 7.86. The van der Waals surface area contributed by atoms with Gasteiger partial charge in [-0.1, -0.05) is 17.7 Å². The van der Waals surface area contributed by atoms with E-state index in [0.717, 1.165) is 0 Å². The van der Waals surface area contributed by atoms with Crippen LogP contribution in [0.25, 0.3) is 6.08 Å². The van der Waals surface area contributed by atoms with Crippen molar-refractivity contribution in [2.75, 3.05) is 12.0 Å². The van der Waals surface area contributed by atoms with Gasteiger partial charge in [-0.15, -0.1) is 0 Å². The van der Waals surface area contributed by atoms with Gasteiger partial charge in [-0.3, -0.25) is 4.79 Å². The maximum absolute atomic E-state index is 13.0. The van der Waals surface area contributed by atoms with Gasteiger partial charge in [0.05, 0.1) is 5.02 Å². The van der Waals surface area contributed by atoms with Gasteiger partial charge in [-0.05, 0) is 42.2 Å². The van der Waals surface area contributed by atoms with Crippen LogP contribution < -0.4 is 5.32 Å². The molecule has 0 fully saturated rings. The van der Waals surface area contributed by atoms with Gasteiger partial charge in [-0.2, -0.15) is 11.8 Å². The van der Waals surface area contributed by atoms with E-state index < -0.39 is 23.7 Å². The smallest absolute Gasteiger partial charge is 0.326 e. The minimum absolute atomic E-state index is 0.0408. The fourth-order valence-corrected chi connectivity index (χ4v) is 2.16. The summed E-state index contributed by atoms with van der Waals surface area (Å²) < 4.78 is 13.0. The molecule has 0 heterocycles. The van der Waals surface area contributed by atoms with Crippen molar-refractivity contribution < 1.29 is 19.1 Å². The first-order chi connectivity index (χ1) is 9.93. The highest BCUT2D eigenvalue weighted by Gasteiger charge is 2.17. The number of hydrogen-bond acceptors (Lipinski definition) is 3. The van der Waals surface area contributed by atoms with Gasteiger partial charge in [0, 0.05) is 6.08 Å². The van der Waals surface area contributed by atoms with Crippen molar-refractivity contribution in [1.82, 2.24) is 5.32 Å². The van der Waals surface area contributed by atoms with Gasteiger partial charge in [0.15, 0.2) is 0 Å². The Morgan fingerprint density at radius 3 is 2.81 bits per heavy atom. The summed E-state index contributed by atoms with van der Waals surface area (Å²) in [6.45, 7) is 0. The van der Waals surface area contributed by atoms with Crippen molar-refractivity contribution in [1.29, 1.82) is 0 Å². The second-order valence-corrected chi connectivity index (χ2v) is 5.58. The number of nitrogens with one attached hydrogen (secondary N) is 1. The van der Waals surface area contributed by atoms with Gasteiger partial charge < -0.3 is 10.4 Å². The Hall–Kier alpha value is -1.53. The van der Waals surface area contributed by atoms with Crippen LogP contribution in [0.2, 0.25) is 5.02 Å². The van der Waals surface area contributed by atoms with E-state index in [4.69, 9.17) is 16.7 Å². The number of carboxylic acids is 1. The van der Waals surface area contributed by atoms with Crippen molar-refractivity contribution in [3.63, 3.8) is 0 Å². The van der Waals surface area contributed by atoms with Gasteiger partial charge in [0.2, 0.25) is 5.91 Å². The summed E-state index contributed by atoms with van der Waals surface area (Å²) in [7, 11) is 0. The lowest BCUT2D eigenvalue weighted by atomic mass is 10.2. The standard InChI is InChI=1S/C14H15ClFNO3S/c1-21-7-6-12(14(19)20)17-13(18)5-3-9-2-4-11(16)10(15)8-9/h2-5,8,12H,6-7H2,1H3,(H,17,18)(H,19,20)/b5-3+. The van der Waals surface area contributed by atoms with Crippen LogP contribution in [0.1, 0.15) is 12.0 Å². The molecular weight excluding hydrogens is 317 g/mol. The van der Waals surface area contributed by atoms with Crippen molar-refractivity contribution in [2.45, 2.75) is 12.5 Å². The lowest BCUT2D eigenvalue weighted by molar-refractivity contribution is -0.141. The predicted molar refractivity (Wildman–Crippen MR) is 83.0 cm³/mol. The Bertz CT molecular complexity index is 551. The first-order valence-electron chi connectivity index (χ1n) is 6.09. The van der Waals surface area contributed by atoms with E-state index in [1.165, 1.54) is 42.1 Å². The summed E-state index contributed by atoms with van der Waals surface area (Å²) in [6.07, 6.45) is 4.84. The van der Waals surface area contributed by atoms with E-state index in [9.17, 15) is 14.0 Å². The largest absolute Gasteiger partial charge is 0.480 e. The summed E-state index contributed by atoms with van der Waals surface area (Å²) >= 11 is 7.13. The molecule has 7 heteroatoms. The number of rotatable bonds is 7. The molecule has 0 aliphatic rings. The summed E-state index contributed by atoms with van der Waals surface area (Å²) in [5.74, 6) is -1.50. The fraction of sp³-hybridized carbons (Fsp3) is 0.286. The highest BCUT2D eigenvalue weighted by Crippen LogP contribution is 2.16. The molecule has 1 rings (SSSR count). The summed E-state index contributed by atoms with van der Waals surface area (Å²) in [6, 6.07) is 3.11. The van der Waals surface area contributed by atoms with Gasteiger partial charge >= 0.3 is 5.97 Å². The first kappa shape index (κ1) is 17.5. The van der Waals surface area contributed by atoms with Crippen molar-refractivity contribution in [3.05, 3.63) is 40.7 Å². The van der Waals surface area contributed by atoms with Crippen LogP contribution in [0.4, 0.5) is 4.39 Å². The monoisotopic (exact) mass is 331 g/mol. The lowest BCUT2D eigenvalue weighted by Crippen LogP contribution is -2.40. The number of halogens is 2. The molecule has 1 amide bonds. The number of amides is 1. The highest BCUT2D eigenvalue weighted by atomic mass is 35.5. The van der Waals surface area contributed by atoms with E-state index in [-0.39, 0.29) is 5.02 Å². The van der Waals surface area contributed by atoms with Crippen LogP contribution in [0, 0.1) is 5.82 Å². The van der Waals surface area contributed by atoms with Crippen molar-refractivity contribution in [2.24, 2.45) is 0 Å². The maximum atomic E-state index is 13.0. The molecule has 21 heavy (non-hydrogen) atoms. The maximum Gasteiger partial charge on any atom is 0.326 e. The molecule has 2 N–H and O–H groups in total. The zero-order valence-electron chi connectivity index (χ0n) is 11.3. The average molecular weight is 332 g/mol. The molecule has 0 saturated heterocycles. The minimum Gasteiger partial charge on any atom is -0.480 e. The van der Waals surface area contributed by atoms with Crippen molar-refractivity contribution >= 4 is 41.3 Å². The second kappa shape index (κ2) is 8.69. The molecule has 0 spiro atoms. The van der Waals surface area contributed by atoms with E-state index in [0.29, 0.717) is 17.7 Å². The Kier molecular flexibility index (Phi) is 7.25. The van der Waals surface area contributed by atoms with E-state index in [1.54, 1.807) is 0 Å². The number of hydrogen-bond donors (Lipinski definition) is 2. The number of benzene rings is 1. The molecule has 0 aliphatic carbocycles. The molecule has 0 radical (unpaired) electrons. The highest BCUT2D eigenvalue weighted by molar-refractivity contribution is 7.98. The Balaban J connectivity index is 2.64. The minimum atomic E-state index is -1.07. The third kappa shape index (κ3) is 6.18. The quantitative estimate of drug-likeness (QED) is 0.754. The van der Waals surface area contributed by atoms with Crippen LogP contribution >= 0.6 is 23.4 Å². The summed E-state index contributed by atoms with van der Waals surface area (Å²) in [5.41, 5.74) is 0.549. The van der Waals surface area contributed by atoms with Crippen LogP contribution in [0.3, 0.4) is 0 Å². The van der Waals surface area contributed by atoms with E-state index >= 15 is 0 Å². The number of carbonyl (C=O) groups is 2. The molecule has 0 aromatic heterocycles. The van der Waals surface area contributed by atoms with E-state index in [2.05, 4.69) is 5.32 Å². The van der Waals surface area contributed by atoms with Gasteiger partial charge in [0.25, 0.3) is 0 Å². The lowest BCUT2D eigenvalue weighted by Gasteiger charge is -2.12. The zero-order chi connectivity index (χ0) is 15.8. The van der Waals surface area contributed by atoms with Gasteiger partial charge in [-0.25, -0.2) is 9.18 Å². The second-order valence-electron chi connectivity index (χ2n) is 4.19. The Morgan fingerprint density at radius 1 is 1.52 bits per heavy atom. The molecule has 1 unspecified atom stereocenters. The number of carboxylic acid groups (broad SMARTS) is 1. The molecule has 1 atom stereocenters. The number of thioether (sulfide) groups is 1. The van der Waals surface area contributed by atoms with E-state index in [1.807, 2.05) is 6.26 Å². The molecule has 114 valence electrons. The van der Waals surface area contributed by atoms with Crippen LogP contribution in [-0.4, -0.2) is 35.0 Å². The number of carbonyl (C=O) groups excluding carboxylic acids is 1. The Labute approximate surface area is 131 Å². The fourth-order valence-electron chi connectivity index (χ4n) is 1.50. The Morgan fingerprint density at radius 2 is 2.24 bits per heavy atom. The topological polar surface area (TPSA) is 66.4 Å². The molecule has 1 aromatic rings. The van der Waals surface area contributed by atoms with Crippen molar-refractivity contribution in [3.8, 4) is 0 Å². The summed E-state index contributed by atoms with van der Waals surface area (Å²) in [5, 5.41) is 11.4. The predicted octanol–water partition coefficient (Wildman–Crippen LogP) is 2.81. The van der Waals surface area contributed by atoms with Crippen LogP contribution in [0.15, 0.2) is 24.3 Å². The normalized spacial score (nSPS) is 12.3. The molecule has 4 nitrogen and oxygen atoms in total. The molecule has 0 saturated carbocycles. The molecule has 0 aliphatic heterocycles. The SMILES string of the molecule is CSCCC(NC(=O)/C=C/c1ccc(F)c(Cl)c1)C(=O)O. The average Bonchev–Trinajstić information content (AvgIpc) is 2.44. The van der Waals surface area contributed by atoms with Gasteiger partial charge in [0.1, 0.15) is 11.9 Å². The number of aliphatic carboxylic acids is 1. The molecular formula is C14H15ClFNO3S. The zero-order valence-corrected chi connectivity index (χ0v) is 12.9. The third-order valence-corrected chi connectivity index (χ3v) is 3.53. The third-order valence-electron chi connectivity index (χ3n) is 2.60. The molecule has 0 bridgehead atoms. The molecule has 1 aromatic carbocycles.